The second kappa shape index (κ2) is 7.38. The molecule has 0 saturated carbocycles. The van der Waals surface area contributed by atoms with E-state index in [9.17, 15) is 9.59 Å². The zero-order valence-corrected chi connectivity index (χ0v) is 12.1. The third kappa shape index (κ3) is 4.27. The van der Waals surface area contributed by atoms with Crippen molar-refractivity contribution in [1.29, 1.82) is 0 Å². The Labute approximate surface area is 123 Å². The molecule has 0 saturated heterocycles. The molecule has 0 atom stereocenters. The van der Waals surface area contributed by atoms with Gasteiger partial charge in [0.25, 0.3) is 5.91 Å². The number of benzene rings is 1. The van der Waals surface area contributed by atoms with E-state index in [-0.39, 0.29) is 11.6 Å². The smallest absolute Gasteiger partial charge is 0.273 e. The van der Waals surface area contributed by atoms with Gasteiger partial charge in [-0.25, -0.2) is 4.98 Å². The van der Waals surface area contributed by atoms with Crippen LogP contribution in [0.1, 0.15) is 43.1 Å². The maximum atomic E-state index is 11.9. The number of carbonyl (C=O) groups is 2. The maximum absolute atomic E-state index is 11.9. The van der Waals surface area contributed by atoms with Crippen LogP contribution in [0, 0.1) is 0 Å². The molecule has 0 fully saturated rings. The SMILES string of the molecule is CCCCCC(=O)NNC(=O)c1ccc2ccccc2n1. The van der Waals surface area contributed by atoms with Crippen molar-refractivity contribution in [3.63, 3.8) is 0 Å². The molecule has 2 N–H and O–H groups in total. The standard InChI is InChI=1S/C16H19N3O2/c1-2-3-4-9-15(20)18-19-16(21)14-11-10-12-7-5-6-8-13(12)17-14/h5-8,10-11H,2-4,9H2,1H3,(H,18,20)(H,19,21). The van der Waals surface area contributed by atoms with Crippen LogP contribution in [0.15, 0.2) is 36.4 Å². The summed E-state index contributed by atoms with van der Waals surface area (Å²) in [4.78, 5) is 27.7. The van der Waals surface area contributed by atoms with Crippen LogP contribution >= 0.6 is 0 Å². The summed E-state index contributed by atoms with van der Waals surface area (Å²) in [5.74, 6) is -0.595. The normalized spacial score (nSPS) is 10.3. The monoisotopic (exact) mass is 285 g/mol. The average molecular weight is 285 g/mol. The molecular weight excluding hydrogens is 266 g/mol. The van der Waals surface area contributed by atoms with Crippen LogP contribution in [0.3, 0.4) is 0 Å². The van der Waals surface area contributed by atoms with Crippen molar-refractivity contribution in [2.75, 3.05) is 0 Å². The number of hydrogen-bond donors (Lipinski definition) is 2. The van der Waals surface area contributed by atoms with Gasteiger partial charge in [-0.2, -0.15) is 0 Å². The Morgan fingerprint density at radius 2 is 1.86 bits per heavy atom. The number of para-hydroxylation sites is 1. The number of hydrazine groups is 1. The van der Waals surface area contributed by atoms with Crippen molar-refractivity contribution in [1.82, 2.24) is 15.8 Å². The van der Waals surface area contributed by atoms with Gasteiger partial charge in [-0.3, -0.25) is 20.4 Å². The first-order valence-electron chi connectivity index (χ1n) is 7.15. The minimum Gasteiger partial charge on any atom is -0.273 e. The van der Waals surface area contributed by atoms with Crippen molar-refractivity contribution in [3.05, 3.63) is 42.1 Å². The molecule has 0 aliphatic rings. The van der Waals surface area contributed by atoms with E-state index in [0.29, 0.717) is 6.42 Å². The van der Waals surface area contributed by atoms with E-state index in [1.807, 2.05) is 30.3 Å². The van der Waals surface area contributed by atoms with Gasteiger partial charge < -0.3 is 0 Å². The Kier molecular flexibility index (Phi) is 5.26. The van der Waals surface area contributed by atoms with Gasteiger partial charge in [-0.05, 0) is 18.6 Å². The first kappa shape index (κ1) is 15.0. The highest BCUT2D eigenvalue weighted by molar-refractivity contribution is 5.95. The number of nitrogens with zero attached hydrogens (tertiary/aromatic N) is 1. The van der Waals surface area contributed by atoms with Gasteiger partial charge in [0.1, 0.15) is 5.69 Å². The molecule has 1 aromatic carbocycles. The van der Waals surface area contributed by atoms with Gasteiger partial charge in [-0.15, -0.1) is 0 Å². The average Bonchev–Trinajstić information content (AvgIpc) is 2.52. The Morgan fingerprint density at radius 3 is 2.67 bits per heavy atom. The molecule has 1 heterocycles. The van der Waals surface area contributed by atoms with Crippen LogP contribution in [0.25, 0.3) is 10.9 Å². The number of pyridine rings is 1. The topological polar surface area (TPSA) is 71.1 Å². The van der Waals surface area contributed by atoms with E-state index in [2.05, 4.69) is 22.8 Å². The second-order valence-electron chi connectivity index (χ2n) is 4.85. The molecule has 0 bridgehead atoms. The Morgan fingerprint density at radius 1 is 1.05 bits per heavy atom. The molecule has 110 valence electrons. The lowest BCUT2D eigenvalue weighted by Crippen LogP contribution is -2.41. The molecule has 5 heteroatoms. The summed E-state index contributed by atoms with van der Waals surface area (Å²) in [5, 5.41) is 0.970. The van der Waals surface area contributed by atoms with Crippen LogP contribution in [-0.2, 0) is 4.79 Å². The highest BCUT2D eigenvalue weighted by Crippen LogP contribution is 2.11. The third-order valence-corrected chi connectivity index (χ3v) is 3.15. The Bertz CT molecular complexity index is 640. The minimum atomic E-state index is -0.412. The fourth-order valence-corrected chi connectivity index (χ4v) is 1.98. The number of amides is 2. The van der Waals surface area contributed by atoms with Crippen molar-refractivity contribution in [2.45, 2.75) is 32.6 Å². The Balaban J connectivity index is 1.91. The molecule has 0 radical (unpaired) electrons. The summed E-state index contributed by atoms with van der Waals surface area (Å²) in [7, 11) is 0. The van der Waals surface area contributed by atoms with Crippen molar-refractivity contribution < 1.29 is 9.59 Å². The number of rotatable bonds is 5. The quantitative estimate of drug-likeness (QED) is 0.655. The highest BCUT2D eigenvalue weighted by atomic mass is 16.2. The molecular formula is C16H19N3O2. The number of carbonyl (C=O) groups excluding carboxylic acids is 2. The van der Waals surface area contributed by atoms with Crippen LogP contribution in [0.5, 0.6) is 0 Å². The summed E-state index contributed by atoms with van der Waals surface area (Å²) < 4.78 is 0. The molecule has 0 unspecified atom stereocenters. The number of unbranched alkanes of at least 4 members (excludes halogenated alkanes) is 2. The van der Waals surface area contributed by atoms with Gasteiger partial charge in [0.2, 0.25) is 5.91 Å². The highest BCUT2D eigenvalue weighted by Gasteiger charge is 2.09. The zero-order chi connectivity index (χ0) is 15.1. The number of nitrogens with one attached hydrogen (secondary N) is 2. The maximum Gasteiger partial charge on any atom is 0.288 e. The van der Waals surface area contributed by atoms with Crippen molar-refractivity contribution >= 4 is 22.7 Å². The van der Waals surface area contributed by atoms with Crippen LogP contribution in [0.2, 0.25) is 0 Å². The predicted molar refractivity (Wildman–Crippen MR) is 81.5 cm³/mol. The van der Waals surface area contributed by atoms with Gasteiger partial charge in [-0.1, -0.05) is 44.0 Å². The van der Waals surface area contributed by atoms with Crippen molar-refractivity contribution in [3.8, 4) is 0 Å². The summed E-state index contributed by atoms with van der Waals surface area (Å²) in [6.45, 7) is 2.07. The first-order valence-corrected chi connectivity index (χ1v) is 7.15. The van der Waals surface area contributed by atoms with E-state index in [0.717, 1.165) is 30.2 Å². The fourth-order valence-electron chi connectivity index (χ4n) is 1.98. The fraction of sp³-hybridized carbons (Fsp3) is 0.312. The zero-order valence-electron chi connectivity index (χ0n) is 12.1. The molecule has 2 aromatic rings. The summed E-state index contributed by atoms with van der Waals surface area (Å²) in [6.07, 6.45) is 3.31. The van der Waals surface area contributed by atoms with E-state index in [1.165, 1.54) is 0 Å². The van der Waals surface area contributed by atoms with Gasteiger partial charge in [0.15, 0.2) is 0 Å². The molecule has 1 aromatic heterocycles. The first-order chi connectivity index (χ1) is 10.2. The van der Waals surface area contributed by atoms with E-state index in [4.69, 9.17) is 0 Å². The predicted octanol–water partition coefficient (Wildman–Crippen LogP) is 2.58. The van der Waals surface area contributed by atoms with Crippen LogP contribution in [-0.4, -0.2) is 16.8 Å². The second-order valence-corrected chi connectivity index (χ2v) is 4.85. The third-order valence-electron chi connectivity index (χ3n) is 3.15. The van der Waals surface area contributed by atoms with Crippen LogP contribution < -0.4 is 10.9 Å². The van der Waals surface area contributed by atoms with Gasteiger partial charge in [0.05, 0.1) is 5.52 Å². The molecule has 0 aliphatic carbocycles. The molecule has 5 nitrogen and oxygen atoms in total. The largest absolute Gasteiger partial charge is 0.288 e. The van der Waals surface area contributed by atoms with E-state index >= 15 is 0 Å². The molecule has 0 spiro atoms. The molecule has 2 rings (SSSR count). The minimum absolute atomic E-state index is 0.183. The van der Waals surface area contributed by atoms with Gasteiger partial charge >= 0.3 is 0 Å². The Hall–Kier alpha value is -2.43. The summed E-state index contributed by atoms with van der Waals surface area (Å²) in [5.41, 5.74) is 5.83. The number of fused-ring (bicyclic) bond motifs is 1. The van der Waals surface area contributed by atoms with Crippen molar-refractivity contribution in [2.24, 2.45) is 0 Å². The van der Waals surface area contributed by atoms with E-state index < -0.39 is 5.91 Å². The lowest BCUT2D eigenvalue weighted by molar-refractivity contribution is -0.121. The van der Waals surface area contributed by atoms with E-state index in [1.54, 1.807) is 6.07 Å². The lowest BCUT2D eigenvalue weighted by atomic mass is 10.2. The summed E-state index contributed by atoms with van der Waals surface area (Å²) >= 11 is 0. The van der Waals surface area contributed by atoms with Crippen LogP contribution in [0.4, 0.5) is 0 Å². The molecule has 0 aliphatic heterocycles. The number of aromatic nitrogens is 1. The molecule has 21 heavy (non-hydrogen) atoms. The van der Waals surface area contributed by atoms with Gasteiger partial charge in [0, 0.05) is 11.8 Å². The lowest BCUT2D eigenvalue weighted by Gasteiger charge is -2.07. The number of hydrogen-bond acceptors (Lipinski definition) is 3. The summed E-state index contributed by atoms with van der Waals surface area (Å²) in [6, 6.07) is 11.0. The molecule has 2 amide bonds.